The highest BCUT2D eigenvalue weighted by atomic mass is 16.7. The largest absolute Gasteiger partial charge is 0.496 e. The maximum Gasteiger partial charge on any atom is 0.344 e. The first-order chi connectivity index (χ1) is 35.3. The third-order valence-corrected chi connectivity index (χ3v) is 11.2. The molecule has 0 fully saturated rings. The fourth-order valence-corrected chi connectivity index (χ4v) is 7.37. The van der Waals surface area contributed by atoms with E-state index in [0.717, 1.165) is 41.7 Å². The van der Waals surface area contributed by atoms with Crippen LogP contribution < -0.4 is 25.4 Å². The highest BCUT2D eigenvalue weighted by Crippen LogP contribution is 2.30. The van der Waals surface area contributed by atoms with Gasteiger partial charge in [0.1, 0.15) is 36.5 Å². The van der Waals surface area contributed by atoms with E-state index < -0.39 is 60.8 Å². The van der Waals surface area contributed by atoms with Gasteiger partial charge in [0.15, 0.2) is 18.7 Å². The minimum Gasteiger partial charge on any atom is -0.496 e. The number of amides is 4. The molecule has 0 spiro atoms. The summed E-state index contributed by atoms with van der Waals surface area (Å²) >= 11 is 0. The molecule has 4 amide bonds. The zero-order valence-corrected chi connectivity index (χ0v) is 41.5. The van der Waals surface area contributed by atoms with Gasteiger partial charge in [-0.05, 0) is 66.8 Å². The van der Waals surface area contributed by atoms with Gasteiger partial charge < -0.3 is 44.4 Å². The number of furan rings is 1. The standard InChI is InChI=1S/C45H52N4O13.C9H10O2/c1-4-6-9-18-33(36(5-2)49(29-50)58-3)42(54)46-28-47-44(56)38-22-21-37(62-38)32-19-20-34(39(23-32)59-27-41(53)60-25-30-14-10-7-11-15-30)43(55)48-35(24-40(51)52)45(57)61-26-31-16-12-8-13-17-31;1-7-4-3-5-9(11-2)8(7)6-10/h7-8,10-17,19-23,29,33,35-36H,4-6,9,18,24-28H2,1-3H3,(H,46,54)(H,47,56)(H,48,55)(H,51,52);3-6H,1-2H3. The number of carbonyl (C=O) groups excluding carboxylic acids is 7. The molecule has 0 aliphatic rings. The molecule has 4 aromatic carbocycles. The predicted molar refractivity (Wildman–Crippen MR) is 266 cm³/mol. The molecular weight excluding hydrogens is 945 g/mol. The average Bonchev–Trinajstić information content (AvgIpc) is 3.91. The number of aldehydes is 1. The molecule has 5 aromatic rings. The summed E-state index contributed by atoms with van der Waals surface area (Å²) in [6.07, 6.45) is 4.13. The number of unbranched alkanes of at least 4 members (excludes halogenated alkanes) is 2. The van der Waals surface area contributed by atoms with E-state index in [9.17, 15) is 43.5 Å². The molecule has 73 heavy (non-hydrogen) atoms. The van der Waals surface area contributed by atoms with Crippen molar-refractivity contribution in [3.05, 3.63) is 143 Å². The number of aryl methyl sites for hydroxylation is 1. The molecule has 0 aliphatic carbocycles. The first-order valence-corrected chi connectivity index (χ1v) is 23.5. The molecule has 19 heteroatoms. The molecular formula is C54H62N4O15. The normalized spacial score (nSPS) is 11.7. The van der Waals surface area contributed by atoms with Crippen LogP contribution in [0.5, 0.6) is 11.5 Å². The topological polar surface area (TPSA) is 255 Å². The van der Waals surface area contributed by atoms with Crippen LogP contribution in [0.4, 0.5) is 0 Å². The van der Waals surface area contributed by atoms with E-state index in [0.29, 0.717) is 41.7 Å². The van der Waals surface area contributed by atoms with Gasteiger partial charge >= 0.3 is 17.9 Å². The van der Waals surface area contributed by atoms with Crippen molar-refractivity contribution in [2.24, 2.45) is 5.92 Å². The molecule has 0 saturated heterocycles. The molecule has 0 bridgehead atoms. The lowest BCUT2D eigenvalue weighted by atomic mass is 9.90. The second kappa shape index (κ2) is 30.4. The number of aliphatic carboxylic acids is 1. The van der Waals surface area contributed by atoms with Crippen molar-refractivity contribution in [1.29, 1.82) is 0 Å². The number of rotatable bonds is 28. The minimum atomic E-state index is -1.58. The summed E-state index contributed by atoms with van der Waals surface area (Å²) in [5, 5.41) is 18.3. The molecule has 0 aliphatic heterocycles. The molecule has 1 heterocycles. The maximum absolute atomic E-state index is 13.7. The van der Waals surface area contributed by atoms with Gasteiger partial charge in [-0.3, -0.25) is 33.6 Å². The molecule has 388 valence electrons. The molecule has 19 nitrogen and oxygen atoms in total. The van der Waals surface area contributed by atoms with Gasteiger partial charge in [0.25, 0.3) is 11.8 Å². The van der Waals surface area contributed by atoms with E-state index >= 15 is 0 Å². The second-order valence-electron chi connectivity index (χ2n) is 16.3. The van der Waals surface area contributed by atoms with Crippen molar-refractivity contribution < 1.29 is 71.7 Å². The number of ether oxygens (including phenoxy) is 4. The van der Waals surface area contributed by atoms with Crippen LogP contribution in [0.25, 0.3) is 11.3 Å². The first-order valence-electron chi connectivity index (χ1n) is 23.5. The monoisotopic (exact) mass is 1010 g/mol. The van der Waals surface area contributed by atoms with Crippen LogP contribution >= 0.6 is 0 Å². The summed E-state index contributed by atoms with van der Waals surface area (Å²) in [6, 6.07) is 28.1. The Morgan fingerprint density at radius 2 is 1.45 bits per heavy atom. The quantitative estimate of drug-likeness (QED) is 0.0129. The zero-order valence-electron chi connectivity index (χ0n) is 41.5. The van der Waals surface area contributed by atoms with Crippen molar-refractivity contribution in [1.82, 2.24) is 21.0 Å². The lowest BCUT2D eigenvalue weighted by Gasteiger charge is -2.31. The van der Waals surface area contributed by atoms with Crippen molar-refractivity contribution in [2.75, 3.05) is 27.5 Å². The number of carboxylic acids is 1. The Morgan fingerprint density at radius 1 is 0.767 bits per heavy atom. The molecule has 1 aromatic heterocycles. The highest BCUT2D eigenvalue weighted by molar-refractivity contribution is 6.00. The molecule has 0 radical (unpaired) electrons. The second-order valence-corrected chi connectivity index (χ2v) is 16.3. The average molecular weight is 1010 g/mol. The third kappa shape index (κ3) is 18.1. The van der Waals surface area contributed by atoms with Crippen molar-refractivity contribution in [2.45, 2.75) is 84.6 Å². The lowest BCUT2D eigenvalue weighted by molar-refractivity contribution is -0.182. The van der Waals surface area contributed by atoms with Crippen molar-refractivity contribution in [3.8, 4) is 22.8 Å². The zero-order chi connectivity index (χ0) is 53.1. The smallest absolute Gasteiger partial charge is 0.344 e. The number of carboxylic acid groups (broad SMARTS) is 1. The Morgan fingerprint density at radius 3 is 2.04 bits per heavy atom. The van der Waals surface area contributed by atoms with Gasteiger partial charge in [0, 0.05) is 5.56 Å². The number of benzene rings is 4. The fourth-order valence-electron chi connectivity index (χ4n) is 7.37. The van der Waals surface area contributed by atoms with Crippen LogP contribution in [0, 0.1) is 12.8 Å². The molecule has 0 saturated carbocycles. The van der Waals surface area contributed by atoms with Crippen molar-refractivity contribution >= 4 is 48.3 Å². The molecule has 3 unspecified atom stereocenters. The number of carbonyl (C=O) groups is 8. The van der Waals surface area contributed by atoms with E-state index in [4.69, 9.17) is 28.2 Å². The van der Waals surface area contributed by atoms with E-state index in [1.807, 2.05) is 39.0 Å². The fraction of sp³-hybridized carbons (Fsp3) is 0.333. The van der Waals surface area contributed by atoms with Gasteiger partial charge in [0.05, 0.1) is 50.4 Å². The van der Waals surface area contributed by atoms with E-state index in [1.54, 1.807) is 67.8 Å². The first kappa shape index (κ1) is 57.3. The number of hydroxylamine groups is 2. The Kier molecular flexibility index (Phi) is 23.9. The van der Waals surface area contributed by atoms with Gasteiger partial charge in [-0.15, -0.1) is 0 Å². The van der Waals surface area contributed by atoms with Crippen LogP contribution in [-0.4, -0.2) is 98.1 Å². The summed E-state index contributed by atoms with van der Waals surface area (Å²) in [5.41, 5.74) is 3.10. The maximum atomic E-state index is 13.7. The lowest BCUT2D eigenvalue weighted by Crippen LogP contribution is -2.48. The van der Waals surface area contributed by atoms with Gasteiger partial charge in [0.2, 0.25) is 12.3 Å². The summed E-state index contributed by atoms with van der Waals surface area (Å²) in [6.45, 7) is 4.69. The number of esters is 2. The van der Waals surface area contributed by atoms with E-state index in [2.05, 4.69) is 16.0 Å². The number of methoxy groups -OCH3 is 1. The molecule has 4 N–H and O–H groups in total. The number of hydrogen-bond donors (Lipinski definition) is 4. The van der Waals surface area contributed by atoms with Gasteiger partial charge in [-0.2, -0.15) is 0 Å². The van der Waals surface area contributed by atoms with Crippen LogP contribution in [0.1, 0.15) is 100 Å². The minimum absolute atomic E-state index is 0.0370. The summed E-state index contributed by atoms with van der Waals surface area (Å²) < 4.78 is 27.2. The molecule has 3 atom stereocenters. The van der Waals surface area contributed by atoms with Gasteiger partial charge in [-0.25, -0.2) is 14.7 Å². The van der Waals surface area contributed by atoms with Gasteiger partial charge in [-0.1, -0.05) is 112 Å². The SMILES string of the molecule is CCCCCC(C(=O)NCNC(=O)c1ccc(-c2ccc(C(=O)NC(CC(=O)O)C(=O)OCc3ccccc3)c(OCC(=O)OCc3ccccc3)c2)o1)C(CC)N(C=O)OC.COc1cccc(C)c1C=O. The number of nitrogens with one attached hydrogen (secondary N) is 3. The van der Waals surface area contributed by atoms with Crippen LogP contribution in [0.15, 0.2) is 114 Å². The summed E-state index contributed by atoms with van der Waals surface area (Å²) in [4.78, 5) is 105. The van der Waals surface area contributed by atoms with E-state index in [-0.39, 0.29) is 48.6 Å². The highest BCUT2D eigenvalue weighted by Gasteiger charge is 2.32. The Bertz CT molecular complexity index is 2600. The summed E-state index contributed by atoms with van der Waals surface area (Å²) in [5.74, 6) is -5.12. The van der Waals surface area contributed by atoms with Crippen molar-refractivity contribution in [3.63, 3.8) is 0 Å². The predicted octanol–water partition coefficient (Wildman–Crippen LogP) is 7.00. The third-order valence-electron chi connectivity index (χ3n) is 11.2. The van der Waals surface area contributed by atoms with E-state index in [1.165, 1.54) is 37.4 Å². The number of hydrogen-bond acceptors (Lipinski definition) is 14. The van der Waals surface area contributed by atoms with Crippen LogP contribution in [0.3, 0.4) is 0 Å². The van der Waals surface area contributed by atoms with Crippen LogP contribution in [0.2, 0.25) is 0 Å². The number of nitrogens with zero attached hydrogens (tertiary/aromatic N) is 1. The summed E-state index contributed by atoms with van der Waals surface area (Å²) in [7, 11) is 2.91. The molecule has 5 rings (SSSR count). The Labute approximate surface area is 423 Å². The van der Waals surface area contributed by atoms with Crippen LogP contribution in [-0.2, 0) is 51.5 Å². The Balaban J connectivity index is 0.000000925. The Hall–Kier alpha value is -8.32.